The Bertz CT molecular complexity index is 598. The van der Waals surface area contributed by atoms with E-state index in [0.29, 0.717) is 13.1 Å². The van der Waals surface area contributed by atoms with Crippen LogP contribution in [0, 0.1) is 0 Å². The van der Waals surface area contributed by atoms with Crippen LogP contribution >= 0.6 is 0 Å². The highest BCUT2D eigenvalue weighted by atomic mass is 16.6. The molecule has 132 valence electrons. The molecule has 0 spiro atoms. The van der Waals surface area contributed by atoms with Crippen molar-refractivity contribution in [2.75, 3.05) is 20.8 Å². The summed E-state index contributed by atoms with van der Waals surface area (Å²) in [5.74, 6) is -0.607. The van der Waals surface area contributed by atoms with Crippen molar-refractivity contribution in [1.82, 2.24) is 4.90 Å². The first kappa shape index (κ1) is 18.2. The van der Waals surface area contributed by atoms with Crippen LogP contribution in [0.15, 0.2) is 24.3 Å². The smallest absolute Gasteiger partial charge is 0.338 e. The number of rotatable bonds is 5. The average Bonchev–Trinajstić information content (AvgIpc) is 2.56. The molecular weight excluding hydrogens is 314 g/mol. The number of esters is 1. The first-order valence-electron chi connectivity index (χ1n) is 7.63. The maximum atomic E-state index is 12.6. The summed E-state index contributed by atoms with van der Waals surface area (Å²) in [5.41, 5.74) is 0.216. The highest BCUT2D eigenvalue weighted by molar-refractivity contribution is 5.89. The Labute approximate surface area is 141 Å². The molecule has 1 aromatic rings. The molecule has 1 fully saturated rings. The van der Waals surface area contributed by atoms with Gasteiger partial charge < -0.3 is 24.2 Å². The number of carbonyl (C=O) groups excluding carboxylic acids is 2. The maximum Gasteiger partial charge on any atom is 0.338 e. The second-order valence-electron chi connectivity index (χ2n) is 6.31. The molecule has 0 bridgehead atoms. The fourth-order valence-electron chi connectivity index (χ4n) is 2.68. The third-order valence-corrected chi connectivity index (χ3v) is 3.83. The summed E-state index contributed by atoms with van der Waals surface area (Å²) in [6, 6.07) is 7.35. The first-order valence-corrected chi connectivity index (χ1v) is 7.63. The van der Waals surface area contributed by atoms with Gasteiger partial charge in [-0.2, -0.15) is 0 Å². The molecule has 2 unspecified atom stereocenters. The van der Waals surface area contributed by atoms with Gasteiger partial charge in [-0.15, -0.1) is 0 Å². The van der Waals surface area contributed by atoms with Crippen LogP contribution < -0.4 is 4.74 Å². The molecule has 7 heteroatoms. The lowest BCUT2D eigenvalue weighted by atomic mass is 10.0. The fourth-order valence-corrected chi connectivity index (χ4v) is 2.68. The SMILES string of the molecule is COC(=O)C(O)C1OC(C)(C)CN(Cc2ccc(OC)cc2)C1=O. The number of benzene rings is 1. The van der Waals surface area contributed by atoms with Gasteiger partial charge in [-0.1, -0.05) is 12.1 Å². The average molecular weight is 337 g/mol. The summed E-state index contributed by atoms with van der Waals surface area (Å²) in [6.07, 6.45) is -2.93. The molecule has 1 aliphatic heterocycles. The number of methoxy groups -OCH3 is 2. The minimum atomic E-state index is -1.65. The van der Waals surface area contributed by atoms with Crippen LogP contribution in [0.5, 0.6) is 5.75 Å². The number of carbonyl (C=O) groups is 2. The highest BCUT2D eigenvalue weighted by Crippen LogP contribution is 2.26. The topological polar surface area (TPSA) is 85.3 Å². The molecular formula is C17H23NO6. The second kappa shape index (κ2) is 7.19. The number of hydrogen-bond acceptors (Lipinski definition) is 6. The predicted molar refractivity (Wildman–Crippen MR) is 85.4 cm³/mol. The number of nitrogens with zero attached hydrogens (tertiary/aromatic N) is 1. The van der Waals surface area contributed by atoms with Crippen molar-refractivity contribution >= 4 is 11.9 Å². The highest BCUT2D eigenvalue weighted by Gasteiger charge is 2.45. The molecule has 0 aliphatic carbocycles. The second-order valence-corrected chi connectivity index (χ2v) is 6.31. The Kier molecular flexibility index (Phi) is 5.46. The summed E-state index contributed by atoms with van der Waals surface area (Å²) in [5, 5.41) is 10.0. The van der Waals surface area contributed by atoms with Crippen LogP contribution in [0.3, 0.4) is 0 Å². The van der Waals surface area contributed by atoms with Crippen LogP contribution in [-0.2, 0) is 25.6 Å². The van der Waals surface area contributed by atoms with Crippen LogP contribution in [-0.4, -0.2) is 60.5 Å². The van der Waals surface area contributed by atoms with E-state index in [1.807, 2.05) is 24.3 Å². The van der Waals surface area contributed by atoms with Gasteiger partial charge in [-0.3, -0.25) is 4.79 Å². The zero-order valence-electron chi connectivity index (χ0n) is 14.3. The molecule has 1 heterocycles. The minimum absolute atomic E-state index is 0.347. The van der Waals surface area contributed by atoms with E-state index in [1.54, 1.807) is 25.9 Å². The van der Waals surface area contributed by atoms with Gasteiger partial charge in [0.15, 0.2) is 12.2 Å². The van der Waals surface area contributed by atoms with Crippen molar-refractivity contribution < 1.29 is 28.9 Å². The zero-order valence-corrected chi connectivity index (χ0v) is 14.3. The number of morpholine rings is 1. The lowest BCUT2D eigenvalue weighted by Crippen LogP contribution is -2.60. The first-order chi connectivity index (χ1) is 11.3. The van der Waals surface area contributed by atoms with Gasteiger partial charge in [0.2, 0.25) is 0 Å². The molecule has 7 nitrogen and oxygen atoms in total. The molecule has 1 N–H and O–H groups in total. The van der Waals surface area contributed by atoms with Gasteiger partial charge in [0.25, 0.3) is 5.91 Å². The molecule has 1 saturated heterocycles. The molecule has 1 aromatic carbocycles. The summed E-state index contributed by atoms with van der Waals surface area (Å²) < 4.78 is 15.2. The van der Waals surface area contributed by atoms with E-state index < -0.39 is 29.7 Å². The lowest BCUT2D eigenvalue weighted by molar-refractivity contribution is -0.199. The monoisotopic (exact) mass is 337 g/mol. The standard InChI is InChI=1S/C17H23NO6/c1-17(2)10-18(9-11-5-7-12(22-3)8-6-11)15(20)14(24-17)13(19)16(21)23-4/h5-8,13-14,19H,9-10H2,1-4H3. The molecule has 1 aliphatic rings. The van der Waals surface area contributed by atoms with Gasteiger partial charge in [0, 0.05) is 13.1 Å². The zero-order chi connectivity index (χ0) is 17.9. The summed E-state index contributed by atoms with van der Waals surface area (Å²) in [7, 11) is 2.74. The Hall–Kier alpha value is -2.12. The number of hydrogen-bond donors (Lipinski definition) is 1. The molecule has 24 heavy (non-hydrogen) atoms. The van der Waals surface area contributed by atoms with E-state index in [4.69, 9.17) is 9.47 Å². The Morgan fingerprint density at radius 1 is 1.38 bits per heavy atom. The Balaban J connectivity index is 2.18. The van der Waals surface area contributed by atoms with Gasteiger partial charge in [0.05, 0.1) is 19.8 Å². The number of aliphatic hydroxyl groups excluding tert-OH is 1. The Morgan fingerprint density at radius 2 is 2.00 bits per heavy atom. The van der Waals surface area contributed by atoms with Crippen molar-refractivity contribution in [2.24, 2.45) is 0 Å². The normalized spacial score (nSPS) is 21.3. The largest absolute Gasteiger partial charge is 0.497 e. The lowest BCUT2D eigenvalue weighted by Gasteiger charge is -2.43. The van der Waals surface area contributed by atoms with Crippen LogP contribution in [0.4, 0.5) is 0 Å². The predicted octanol–water partition coefficient (Wildman–Crippen LogP) is 0.735. The maximum absolute atomic E-state index is 12.6. The number of ether oxygens (including phenoxy) is 3. The van der Waals surface area contributed by atoms with Gasteiger partial charge in [-0.05, 0) is 31.5 Å². The van der Waals surface area contributed by atoms with E-state index >= 15 is 0 Å². The Morgan fingerprint density at radius 3 is 2.54 bits per heavy atom. The number of amides is 1. The minimum Gasteiger partial charge on any atom is -0.497 e. The van der Waals surface area contributed by atoms with Crippen molar-refractivity contribution in [1.29, 1.82) is 0 Å². The van der Waals surface area contributed by atoms with Crippen molar-refractivity contribution in [3.05, 3.63) is 29.8 Å². The molecule has 0 saturated carbocycles. The summed E-state index contributed by atoms with van der Waals surface area (Å²) in [4.78, 5) is 25.7. The molecule has 1 amide bonds. The van der Waals surface area contributed by atoms with E-state index in [0.717, 1.165) is 18.4 Å². The van der Waals surface area contributed by atoms with Crippen LogP contribution in [0.1, 0.15) is 19.4 Å². The van der Waals surface area contributed by atoms with E-state index in [-0.39, 0.29) is 0 Å². The van der Waals surface area contributed by atoms with Crippen molar-refractivity contribution in [3.8, 4) is 5.75 Å². The van der Waals surface area contributed by atoms with Gasteiger partial charge in [-0.25, -0.2) is 4.79 Å². The molecule has 2 rings (SSSR count). The van der Waals surface area contributed by atoms with Gasteiger partial charge >= 0.3 is 5.97 Å². The quantitative estimate of drug-likeness (QED) is 0.798. The van der Waals surface area contributed by atoms with Crippen LogP contribution in [0.2, 0.25) is 0 Å². The summed E-state index contributed by atoms with van der Waals surface area (Å²) >= 11 is 0. The van der Waals surface area contributed by atoms with E-state index in [2.05, 4.69) is 4.74 Å². The third kappa shape index (κ3) is 4.04. The third-order valence-electron chi connectivity index (χ3n) is 3.83. The molecule has 0 aromatic heterocycles. The van der Waals surface area contributed by atoms with E-state index in [1.165, 1.54) is 0 Å². The van der Waals surface area contributed by atoms with Crippen molar-refractivity contribution in [2.45, 2.75) is 38.2 Å². The number of aliphatic hydroxyl groups is 1. The van der Waals surface area contributed by atoms with Crippen molar-refractivity contribution in [3.63, 3.8) is 0 Å². The fraction of sp³-hybridized carbons (Fsp3) is 0.529. The van der Waals surface area contributed by atoms with Crippen LogP contribution in [0.25, 0.3) is 0 Å². The molecule has 0 radical (unpaired) electrons. The molecule has 2 atom stereocenters. The van der Waals surface area contributed by atoms with Gasteiger partial charge in [0.1, 0.15) is 5.75 Å². The summed E-state index contributed by atoms with van der Waals surface area (Å²) in [6.45, 7) is 4.30. The van der Waals surface area contributed by atoms with E-state index in [9.17, 15) is 14.7 Å².